The highest BCUT2D eigenvalue weighted by Gasteiger charge is 2.29. The summed E-state index contributed by atoms with van der Waals surface area (Å²) in [4.78, 5) is 13.7. The molecule has 0 saturated carbocycles. The van der Waals surface area contributed by atoms with E-state index in [1.165, 1.54) is 0 Å². The summed E-state index contributed by atoms with van der Waals surface area (Å²) < 4.78 is 0. The van der Waals surface area contributed by atoms with Crippen LogP contribution in [-0.2, 0) is 0 Å². The zero-order valence-electron chi connectivity index (χ0n) is 10.4. The van der Waals surface area contributed by atoms with Crippen molar-refractivity contribution in [1.82, 2.24) is 10.6 Å². The lowest BCUT2D eigenvalue weighted by molar-refractivity contribution is 0.250. The Hall–Kier alpha value is -1.55. The first-order valence-electron chi connectivity index (χ1n) is 6.00. The second-order valence-electron chi connectivity index (χ2n) is 4.44. The molecule has 2 N–H and O–H groups in total. The standard InChI is InChI=1S/C13H19N3O/c1-10-5-3-4-6-12(10)16-9-11(7-8-14-2)15-13(16)17/h3-6,11,14H,7-9H2,1-2H3,(H,15,17). The number of rotatable bonds is 4. The lowest BCUT2D eigenvalue weighted by atomic mass is 10.1. The van der Waals surface area contributed by atoms with Crippen LogP contribution < -0.4 is 15.5 Å². The van der Waals surface area contributed by atoms with Gasteiger partial charge < -0.3 is 10.6 Å². The van der Waals surface area contributed by atoms with E-state index in [2.05, 4.69) is 10.6 Å². The van der Waals surface area contributed by atoms with Gasteiger partial charge >= 0.3 is 6.03 Å². The van der Waals surface area contributed by atoms with Crippen LogP contribution in [0.15, 0.2) is 24.3 Å². The topological polar surface area (TPSA) is 44.4 Å². The number of carbonyl (C=O) groups is 1. The van der Waals surface area contributed by atoms with E-state index in [0.29, 0.717) is 0 Å². The Labute approximate surface area is 102 Å². The van der Waals surface area contributed by atoms with Crippen LogP contribution in [-0.4, -0.2) is 32.2 Å². The van der Waals surface area contributed by atoms with Crippen molar-refractivity contribution < 1.29 is 4.79 Å². The Kier molecular flexibility index (Phi) is 3.64. The molecular weight excluding hydrogens is 214 g/mol. The van der Waals surface area contributed by atoms with Crippen molar-refractivity contribution in [2.24, 2.45) is 0 Å². The van der Waals surface area contributed by atoms with Gasteiger partial charge in [0, 0.05) is 18.3 Å². The fourth-order valence-electron chi connectivity index (χ4n) is 2.16. The van der Waals surface area contributed by atoms with Crippen LogP contribution in [0.4, 0.5) is 10.5 Å². The van der Waals surface area contributed by atoms with Crippen LogP contribution in [0.25, 0.3) is 0 Å². The molecule has 0 spiro atoms. The van der Waals surface area contributed by atoms with E-state index in [-0.39, 0.29) is 12.1 Å². The molecule has 1 saturated heterocycles. The van der Waals surface area contributed by atoms with E-state index in [4.69, 9.17) is 0 Å². The zero-order chi connectivity index (χ0) is 12.3. The van der Waals surface area contributed by atoms with E-state index in [0.717, 1.165) is 30.8 Å². The third kappa shape index (κ3) is 2.58. The molecule has 1 aliphatic heterocycles. The van der Waals surface area contributed by atoms with Gasteiger partial charge in [-0.05, 0) is 38.6 Å². The Morgan fingerprint density at radius 2 is 2.24 bits per heavy atom. The molecule has 1 aromatic carbocycles. The van der Waals surface area contributed by atoms with Crippen molar-refractivity contribution >= 4 is 11.7 Å². The molecule has 0 radical (unpaired) electrons. The van der Waals surface area contributed by atoms with Crippen molar-refractivity contribution in [2.45, 2.75) is 19.4 Å². The first kappa shape index (κ1) is 11.9. The number of aryl methyl sites for hydroxylation is 1. The molecule has 17 heavy (non-hydrogen) atoms. The molecule has 2 amide bonds. The van der Waals surface area contributed by atoms with E-state index < -0.39 is 0 Å². The second-order valence-corrected chi connectivity index (χ2v) is 4.44. The maximum absolute atomic E-state index is 11.9. The van der Waals surface area contributed by atoms with Crippen LogP contribution in [0.2, 0.25) is 0 Å². The van der Waals surface area contributed by atoms with Crippen LogP contribution in [0.5, 0.6) is 0 Å². The summed E-state index contributed by atoms with van der Waals surface area (Å²) in [6.07, 6.45) is 0.963. The van der Waals surface area contributed by atoms with E-state index >= 15 is 0 Å². The Bertz CT molecular complexity index is 405. The number of amides is 2. The number of benzene rings is 1. The number of hydrogen-bond donors (Lipinski definition) is 2. The predicted octanol–water partition coefficient (Wildman–Crippen LogP) is 1.50. The molecule has 1 unspecified atom stereocenters. The van der Waals surface area contributed by atoms with Crippen molar-refractivity contribution in [3.05, 3.63) is 29.8 Å². The average Bonchev–Trinajstić information content (AvgIpc) is 2.68. The lowest BCUT2D eigenvalue weighted by Gasteiger charge is -2.17. The number of urea groups is 1. The van der Waals surface area contributed by atoms with Gasteiger partial charge in [-0.2, -0.15) is 0 Å². The predicted molar refractivity (Wildman–Crippen MR) is 69.4 cm³/mol. The third-order valence-corrected chi connectivity index (χ3v) is 3.12. The minimum Gasteiger partial charge on any atom is -0.333 e. The Morgan fingerprint density at radius 3 is 2.94 bits per heavy atom. The number of para-hydroxylation sites is 1. The largest absolute Gasteiger partial charge is 0.333 e. The van der Waals surface area contributed by atoms with E-state index in [1.54, 1.807) is 0 Å². The van der Waals surface area contributed by atoms with Gasteiger partial charge in [0.2, 0.25) is 0 Å². The fraction of sp³-hybridized carbons (Fsp3) is 0.462. The number of nitrogens with one attached hydrogen (secondary N) is 2. The second kappa shape index (κ2) is 5.19. The first-order chi connectivity index (χ1) is 8.22. The third-order valence-electron chi connectivity index (χ3n) is 3.12. The summed E-state index contributed by atoms with van der Waals surface area (Å²) in [5.41, 5.74) is 2.15. The molecule has 1 heterocycles. The minimum absolute atomic E-state index is 0.0143. The van der Waals surface area contributed by atoms with Crippen LogP contribution in [0.1, 0.15) is 12.0 Å². The van der Waals surface area contributed by atoms with Crippen molar-refractivity contribution in [2.75, 3.05) is 25.0 Å². The first-order valence-corrected chi connectivity index (χ1v) is 6.00. The van der Waals surface area contributed by atoms with E-state index in [9.17, 15) is 4.79 Å². The van der Waals surface area contributed by atoms with Gasteiger partial charge in [-0.3, -0.25) is 4.90 Å². The highest BCUT2D eigenvalue weighted by atomic mass is 16.2. The summed E-state index contributed by atoms with van der Waals surface area (Å²) in [5.74, 6) is 0. The molecule has 0 aliphatic carbocycles. The SMILES string of the molecule is CNCCC1CN(c2ccccc2C)C(=O)N1. The molecule has 1 atom stereocenters. The van der Waals surface area contributed by atoms with Gasteiger partial charge in [0.15, 0.2) is 0 Å². The minimum atomic E-state index is 0.0143. The maximum atomic E-state index is 11.9. The van der Waals surface area contributed by atoms with Gasteiger partial charge in [-0.25, -0.2) is 4.79 Å². The molecule has 4 nitrogen and oxygen atoms in total. The molecular formula is C13H19N3O. The summed E-state index contributed by atoms with van der Waals surface area (Å²) in [7, 11) is 1.93. The molecule has 1 aliphatic rings. The monoisotopic (exact) mass is 233 g/mol. The quantitative estimate of drug-likeness (QED) is 0.828. The molecule has 2 rings (SSSR count). The van der Waals surface area contributed by atoms with Crippen LogP contribution in [0.3, 0.4) is 0 Å². The van der Waals surface area contributed by atoms with Crippen LogP contribution in [0, 0.1) is 6.92 Å². The summed E-state index contributed by atoms with van der Waals surface area (Å²) in [6, 6.07) is 8.25. The Balaban J connectivity index is 2.08. The molecule has 0 bridgehead atoms. The summed E-state index contributed by atoms with van der Waals surface area (Å²) >= 11 is 0. The highest BCUT2D eigenvalue weighted by molar-refractivity contribution is 5.95. The zero-order valence-corrected chi connectivity index (χ0v) is 10.4. The maximum Gasteiger partial charge on any atom is 0.322 e. The average molecular weight is 233 g/mol. The van der Waals surface area contributed by atoms with Gasteiger partial charge in [-0.1, -0.05) is 18.2 Å². The van der Waals surface area contributed by atoms with Gasteiger partial charge in [0.1, 0.15) is 0 Å². The number of nitrogens with zero attached hydrogens (tertiary/aromatic N) is 1. The molecule has 1 aromatic rings. The Morgan fingerprint density at radius 1 is 1.47 bits per heavy atom. The smallest absolute Gasteiger partial charge is 0.322 e. The number of carbonyl (C=O) groups excluding carboxylic acids is 1. The van der Waals surface area contributed by atoms with Crippen molar-refractivity contribution in [1.29, 1.82) is 0 Å². The van der Waals surface area contributed by atoms with Gasteiger partial charge in [-0.15, -0.1) is 0 Å². The number of hydrogen-bond acceptors (Lipinski definition) is 2. The van der Waals surface area contributed by atoms with Gasteiger partial charge in [0.05, 0.1) is 0 Å². The van der Waals surface area contributed by atoms with Gasteiger partial charge in [0.25, 0.3) is 0 Å². The molecule has 92 valence electrons. The molecule has 4 heteroatoms. The fourth-order valence-corrected chi connectivity index (χ4v) is 2.16. The van der Waals surface area contributed by atoms with Crippen LogP contribution >= 0.6 is 0 Å². The molecule has 0 aromatic heterocycles. The summed E-state index contributed by atoms with van der Waals surface area (Å²) in [5, 5.41) is 6.12. The lowest BCUT2D eigenvalue weighted by Crippen LogP contribution is -2.30. The summed E-state index contributed by atoms with van der Waals surface area (Å²) in [6.45, 7) is 3.71. The molecule has 1 fully saturated rings. The van der Waals surface area contributed by atoms with Crippen molar-refractivity contribution in [3.8, 4) is 0 Å². The highest BCUT2D eigenvalue weighted by Crippen LogP contribution is 2.22. The normalized spacial score (nSPS) is 19.5. The van der Waals surface area contributed by atoms with E-state index in [1.807, 2.05) is 43.1 Å². The number of anilines is 1. The van der Waals surface area contributed by atoms with Crippen molar-refractivity contribution in [3.63, 3.8) is 0 Å².